The van der Waals surface area contributed by atoms with Gasteiger partial charge in [-0.2, -0.15) is 28.4 Å². The van der Waals surface area contributed by atoms with Gasteiger partial charge in [-0.3, -0.25) is 19.6 Å². The van der Waals surface area contributed by atoms with Gasteiger partial charge in [0.15, 0.2) is 0 Å². The molecule has 0 unspecified atom stereocenters. The van der Waals surface area contributed by atoms with Gasteiger partial charge in [-0.05, 0) is 13.8 Å². The first kappa shape index (κ1) is 18.8. The lowest BCUT2D eigenvalue weighted by Crippen LogP contribution is -2.57. The number of hydrogen-bond donors (Lipinski definition) is 1. The normalized spacial score (nSPS) is 21.6. The second kappa shape index (κ2) is 6.10. The van der Waals surface area contributed by atoms with E-state index >= 15 is 0 Å². The van der Waals surface area contributed by atoms with E-state index in [4.69, 9.17) is 0 Å². The molecule has 2 heterocycles. The van der Waals surface area contributed by atoms with Gasteiger partial charge in [-0.1, -0.05) is 6.92 Å². The second-order valence-corrected chi connectivity index (χ2v) is 5.83. The van der Waals surface area contributed by atoms with E-state index in [9.17, 15) is 33.2 Å². The van der Waals surface area contributed by atoms with Crippen molar-refractivity contribution >= 4 is 17.8 Å². The SMILES string of the molecule is Cc1nn(C[C@@H](C)C(=O)N2N=CC[C@]2(O)C(F)(F)F)c(C)c1[N+](=O)[O-]. The van der Waals surface area contributed by atoms with Crippen molar-refractivity contribution < 1.29 is 28.0 Å². The monoisotopic (exact) mass is 363 g/mol. The Bertz CT molecular complexity index is 745. The van der Waals surface area contributed by atoms with Crippen molar-refractivity contribution in [3.05, 3.63) is 21.5 Å². The molecule has 0 radical (unpaired) electrons. The smallest absolute Gasteiger partial charge is 0.362 e. The lowest BCUT2D eigenvalue weighted by atomic mass is 10.1. The molecule has 138 valence electrons. The number of hydrazone groups is 1. The van der Waals surface area contributed by atoms with Gasteiger partial charge in [0.05, 0.1) is 17.4 Å². The average Bonchev–Trinajstić information content (AvgIpc) is 2.99. The molecule has 2 atom stereocenters. The molecule has 2 rings (SSSR count). The highest BCUT2D eigenvalue weighted by molar-refractivity contribution is 5.82. The van der Waals surface area contributed by atoms with Crippen LogP contribution >= 0.6 is 0 Å². The number of amides is 1. The van der Waals surface area contributed by atoms with Crippen LogP contribution in [0.25, 0.3) is 0 Å². The summed E-state index contributed by atoms with van der Waals surface area (Å²) in [6, 6.07) is 0. The standard InChI is InChI=1S/C13H16F3N5O4/c1-7(6-19-9(3)10(21(24)25)8(2)18-19)11(22)20-12(23,4-5-17-20)13(14,15)16/h5,7,23H,4,6H2,1-3H3/t7-,12+/m1/s1. The Balaban J connectivity index is 2.23. The molecule has 9 nitrogen and oxygen atoms in total. The van der Waals surface area contributed by atoms with E-state index in [1.165, 1.54) is 25.5 Å². The van der Waals surface area contributed by atoms with Gasteiger partial charge >= 0.3 is 11.9 Å². The van der Waals surface area contributed by atoms with Crippen LogP contribution in [0.4, 0.5) is 18.9 Å². The average molecular weight is 363 g/mol. The topological polar surface area (TPSA) is 114 Å². The zero-order valence-corrected chi connectivity index (χ0v) is 13.6. The lowest BCUT2D eigenvalue weighted by Gasteiger charge is -2.33. The Hall–Kier alpha value is -2.50. The van der Waals surface area contributed by atoms with E-state index in [1.54, 1.807) is 0 Å². The van der Waals surface area contributed by atoms with Crippen LogP contribution in [0.5, 0.6) is 0 Å². The molecule has 0 fully saturated rings. The Morgan fingerprint density at radius 1 is 1.52 bits per heavy atom. The zero-order chi connectivity index (χ0) is 19.2. The third kappa shape index (κ3) is 3.08. The molecule has 25 heavy (non-hydrogen) atoms. The van der Waals surface area contributed by atoms with Crippen molar-refractivity contribution in [2.45, 2.75) is 45.6 Å². The molecule has 0 bridgehead atoms. The fourth-order valence-corrected chi connectivity index (χ4v) is 2.58. The maximum absolute atomic E-state index is 13.0. The minimum absolute atomic E-state index is 0.0117. The lowest BCUT2D eigenvalue weighted by molar-refractivity contribution is -0.386. The molecule has 1 amide bonds. The zero-order valence-electron chi connectivity index (χ0n) is 13.6. The molecular formula is C13H16F3N5O4. The van der Waals surface area contributed by atoms with E-state index in [2.05, 4.69) is 10.2 Å². The van der Waals surface area contributed by atoms with Crippen LogP contribution in [0.2, 0.25) is 0 Å². The van der Waals surface area contributed by atoms with Crippen molar-refractivity contribution in [3.63, 3.8) is 0 Å². The first-order chi connectivity index (χ1) is 11.4. The van der Waals surface area contributed by atoms with Crippen LogP contribution < -0.4 is 0 Å². The van der Waals surface area contributed by atoms with Crippen LogP contribution in [0, 0.1) is 29.9 Å². The summed E-state index contributed by atoms with van der Waals surface area (Å²) in [4.78, 5) is 22.7. The second-order valence-electron chi connectivity index (χ2n) is 5.83. The molecular weight excluding hydrogens is 347 g/mol. The summed E-state index contributed by atoms with van der Waals surface area (Å²) < 4.78 is 40.3. The molecule has 1 N–H and O–H groups in total. The number of nitrogens with zero attached hydrogens (tertiary/aromatic N) is 5. The van der Waals surface area contributed by atoms with E-state index in [-0.39, 0.29) is 28.6 Å². The number of aliphatic hydroxyl groups is 1. The maximum Gasteiger partial charge on any atom is 0.438 e. The molecule has 12 heteroatoms. The largest absolute Gasteiger partial charge is 0.438 e. The summed E-state index contributed by atoms with van der Waals surface area (Å²) in [7, 11) is 0. The summed E-state index contributed by atoms with van der Waals surface area (Å²) in [5.74, 6) is -2.12. The molecule has 1 aliphatic heterocycles. The van der Waals surface area contributed by atoms with Gasteiger partial charge in [0.1, 0.15) is 11.4 Å². The molecule has 0 spiro atoms. The highest BCUT2D eigenvalue weighted by Gasteiger charge is 2.61. The summed E-state index contributed by atoms with van der Waals surface area (Å²) in [5, 5.41) is 28.1. The maximum atomic E-state index is 13.0. The number of rotatable bonds is 4. The predicted molar refractivity (Wildman–Crippen MR) is 78.5 cm³/mol. The number of carbonyl (C=O) groups excluding carboxylic acids is 1. The number of aromatic nitrogens is 2. The highest BCUT2D eigenvalue weighted by Crippen LogP contribution is 2.39. The Morgan fingerprint density at radius 2 is 2.12 bits per heavy atom. The number of aryl methyl sites for hydroxylation is 1. The molecule has 0 aromatic carbocycles. The third-order valence-electron chi connectivity index (χ3n) is 3.98. The first-order valence-electron chi connectivity index (χ1n) is 7.24. The summed E-state index contributed by atoms with van der Waals surface area (Å²) >= 11 is 0. The van der Waals surface area contributed by atoms with Crippen LogP contribution in [-0.2, 0) is 11.3 Å². The van der Waals surface area contributed by atoms with Crippen molar-refractivity contribution in [2.75, 3.05) is 0 Å². The van der Waals surface area contributed by atoms with E-state index in [1.807, 2.05) is 0 Å². The van der Waals surface area contributed by atoms with E-state index in [0.717, 1.165) is 6.21 Å². The van der Waals surface area contributed by atoms with Crippen LogP contribution in [0.1, 0.15) is 24.7 Å². The minimum Gasteiger partial charge on any atom is -0.362 e. The number of carbonyl (C=O) groups is 1. The molecule has 1 aromatic heterocycles. The first-order valence-corrected chi connectivity index (χ1v) is 7.24. The summed E-state index contributed by atoms with van der Waals surface area (Å²) in [5.41, 5.74) is -3.30. The van der Waals surface area contributed by atoms with Crippen LogP contribution in [-0.4, -0.2) is 48.8 Å². The van der Waals surface area contributed by atoms with Crippen LogP contribution in [0.3, 0.4) is 0 Å². The van der Waals surface area contributed by atoms with Crippen molar-refractivity contribution in [1.82, 2.24) is 14.8 Å². The Labute approximate surface area is 139 Å². The minimum atomic E-state index is -5.07. The predicted octanol–water partition coefficient (Wildman–Crippen LogP) is 1.51. The summed E-state index contributed by atoms with van der Waals surface area (Å²) in [6.07, 6.45) is -5.12. The summed E-state index contributed by atoms with van der Waals surface area (Å²) in [6.45, 7) is 3.98. The highest BCUT2D eigenvalue weighted by atomic mass is 19.4. The van der Waals surface area contributed by atoms with Crippen molar-refractivity contribution in [2.24, 2.45) is 11.0 Å². The Kier molecular flexibility index (Phi) is 4.59. The molecule has 0 aliphatic carbocycles. The number of hydrogen-bond acceptors (Lipinski definition) is 6. The van der Waals surface area contributed by atoms with Gasteiger partial charge < -0.3 is 5.11 Å². The molecule has 0 saturated carbocycles. The quantitative estimate of drug-likeness (QED) is 0.643. The Morgan fingerprint density at radius 3 is 2.60 bits per heavy atom. The van der Waals surface area contributed by atoms with Gasteiger partial charge in [0, 0.05) is 12.6 Å². The molecule has 1 aromatic rings. The van der Waals surface area contributed by atoms with E-state index in [0.29, 0.717) is 0 Å². The number of halogens is 3. The van der Waals surface area contributed by atoms with Gasteiger partial charge in [0.2, 0.25) is 5.91 Å². The van der Waals surface area contributed by atoms with Crippen molar-refractivity contribution in [3.8, 4) is 0 Å². The van der Waals surface area contributed by atoms with Crippen LogP contribution in [0.15, 0.2) is 5.10 Å². The fraction of sp³-hybridized carbons (Fsp3) is 0.615. The van der Waals surface area contributed by atoms with E-state index < -0.39 is 35.1 Å². The molecule has 0 saturated heterocycles. The number of alkyl halides is 3. The van der Waals surface area contributed by atoms with Crippen molar-refractivity contribution in [1.29, 1.82) is 0 Å². The third-order valence-corrected chi connectivity index (χ3v) is 3.98. The number of nitro groups is 1. The van der Waals surface area contributed by atoms with Gasteiger partial charge in [0.25, 0.3) is 5.72 Å². The van der Waals surface area contributed by atoms with Gasteiger partial charge in [-0.15, -0.1) is 0 Å². The van der Waals surface area contributed by atoms with Gasteiger partial charge in [-0.25, -0.2) is 0 Å². The molecule has 1 aliphatic rings. The fourth-order valence-electron chi connectivity index (χ4n) is 2.58.